The summed E-state index contributed by atoms with van der Waals surface area (Å²) in [5.41, 5.74) is 2.68. The molecule has 0 bridgehead atoms. The zero-order valence-corrected chi connectivity index (χ0v) is 20.6. The molecule has 0 spiro atoms. The first-order valence-electron chi connectivity index (χ1n) is 12.5. The lowest BCUT2D eigenvalue weighted by molar-refractivity contribution is 0.142. The number of hydrogen-bond acceptors (Lipinski definition) is 9. The summed E-state index contributed by atoms with van der Waals surface area (Å²) in [7, 11) is 0. The average Bonchev–Trinajstić information content (AvgIpc) is 3.33. The fraction of sp³-hybridized carbons (Fsp3) is 0.560. The molecule has 34 heavy (non-hydrogen) atoms. The number of nitrogens with zero attached hydrogens (tertiary/aromatic N) is 5. The molecule has 2 aliphatic carbocycles. The molecule has 0 unspecified atom stereocenters. The summed E-state index contributed by atoms with van der Waals surface area (Å²) in [6.07, 6.45) is 18.1. The van der Waals surface area contributed by atoms with Gasteiger partial charge in [-0.3, -0.25) is 4.98 Å². The highest BCUT2D eigenvalue weighted by Crippen LogP contribution is 2.31. The Balaban J connectivity index is 1.19. The highest BCUT2D eigenvalue weighted by atomic mass is 32.1. The first-order valence-corrected chi connectivity index (χ1v) is 13.3. The van der Waals surface area contributed by atoms with Gasteiger partial charge < -0.3 is 15.4 Å². The molecule has 2 fully saturated rings. The number of aryl methyl sites for hydroxylation is 1. The number of hydrogen-bond donors (Lipinski definition) is 2. The van der Waals surface area contributed by atoms with E-state index in [0.29, 0.717) is 17.9 Å². The quantitative estimate of drug-likeness (QED) is 0.432. The Morgan fingerprint density at radius 2 is 1.71 bits per heavy atom. The van der Waals surface area contributed by atoms with Crippen molar-refractivity contribution in [2.75, 3.05) is 5.32 Å². The van der Waals surface area contributed by atoms with Gasteiger partial charge in [-0.1, -0.05) is 37.0 Å². The maximum atomic E-state index is 6.09. The number of nitrogens with one attached hydrogen (secondary N) is 2. The average molecular weight is 480 g/mol. The number of ether oxygens (including phenoxy) is 1. The highest BCUT2D eigenvalue weighted by molar-refractivity contribution is 7.18. The van der Waals surface area contributed by atoms with Crippen LogP contribution in [0.5, 0.6) is 6.01 Å². The van der Waals surface area contributed by atoms with Crippen molar-refractivity contribution in [2.24, 2.45) is 0 Å². The summed E-state index contributed by atoms with van der Waals surface area (Å²) < 4.78 is 6.09. The first kappa shape index (κ1) is 23.1. The Morgan fingerprint density at radius 1 is 0.912 bits per heavy atom. The molecule has 0 aliphatic heterocycles. The minimum Gasteiger partial charge on any atom is -0.460 e. The maximum Gasteiger partial charge on any atom is 0.317 e. The Labute approximate surface area is 205 Å². The van der Waals surface area contributed by atoms with E-state index in [2.05, 4.69) is 35.6 Å². The molecule has 2 saturated carbocycles. The van der Waals surface area contributed by atoms with Crippen molar-refractivity contribution in [1.29, 1.82) is 0 Å². The van der Waals surface area contributed by atoms with Gasteiger partial charge in [-0.25, -0.2) is 15.0 Å². The summed E-state index contributed by atoms with van der Waals surface area (Å²) in [4.78, 5) is 23.7. The lowest BCUT2D eigenvalue weighted by atomic mass is 9.95. The predicted molar refractivity (Wildman–Crippen MR) is 134 cm³/mol. The summed E-state index contributed by atoms with van der Waals surface area (Å²) in [6.45, 7) is 2.73. The summed E-state index contributed by atoms with van der Waals surface area (Å²) in [5.74, 6) is 0.683. The van der Waals surface area contributed by atoms with Gasteiger partial charge in [0.25, 0.3) is 0 Å². The predicted octanol–water partition coefficient (Wildman–Crippen LogP) is 5.58. The second kappa shape index (κ2) is 11.2. The lowest BCUT2D eigenvalue weighted by Gasteiger charge is -2.22. The Hall–Kier alpha value is -2.65. The second-order valence-corrected chi connectivity index (χ2v) is 10.3. The normalized spacial score (nSPS) is 17.6. The molecule has 5 rings (SSSR count). The third-order valence-corrected chi connectivity index (χ3v) is 7.47. The molecule has 0 saturated heterocycles. The molecule has 2 N–H and O–H groups in total. The van der Waals surface area contributed by atoms with Crippen LogP contribution in [0.25, 0.3) is 10.6 Å². The zero-order valence-electron chi connectivity index (χ0n) is 19.8. The summed E-state index contributed by atoms with van der Waals surface area (Å²) in [5, 5.41) is 7.62. The first-order chi connectivity index (χ1) is 16.7. The van der Waals surface area contributed by atoms with Crippen LogP contribution in [0.3, 0.4) is 0 Å². The van der Waals surface area contributed by atoms with Crippen molar-refractivity contribution in [3.05, 3.63) is 36.0 Å². The third kappa shape index (κ3) is 6.27. The molecule has 3 aromatic rings. The third-order valence-electron chi connectivity index (χ3n) is 6.53. The molecular formula is C25H33N7OS. The van der Waals surface area contributed by atoms with Gasteiger partial charge in [-0.05, 0) is 51.5 Å². The van der Waals surface area contributed by atoms with Crippen LogP contribution in [-0.2, 0) is 6.54 Å². The molecule has 0 aromatic carbocycles. The van der Waals surface area contributed by atoms with Crippen LogP contribution in [0.4, 0.5) is 10.9 Å². The van der Waals surface area contributed by atoms with Gasteiger partial charge in [0.15, 0.2) is 10.9 Å². The molecular weight excluding hydrogens is 446 g/mol. The number of thiazole rings is 1. The van der Waals surface area contributed by atoms with Gasteiger partial charge in [0.2, 0.25) is 0 Å². The summed E-state index contributed by atoms with van der Waals surface area (Å²) >= 11 is 1.53. The maximum absolute atomic E-state index is 6.09. The number of anilines is 2. The minimum atomic E-state index is 0.224. The zero-order chi connectivity index (χ0) is 23.2. The van der Waals surface area contributed by atoms with Crippen LogP contribution < -0.4 is 15.4 Å². The van der Waals surface area contributed by atoms with E-state index in [0.717, 1.165) is 46.5 Å². The van der Waals surface area contributed by atoms with Crippen LogP contribution in [0.2, 0.25) is 0 Å². The SMILES string of the molecule is Cc1cc(-c2cnc(Nc3cnc(CNC4CCCCC4)cn3)s2)nc(OC2CCCCC2)n1. The van der Waals surface area contributed by atoms with Gasteiger partial charge in [0.05, 0.1) is 28.7 Å². The molecule has 0 atom stereocenters. The van der Waals surface area contributed by atoms with Crippen molar-refractivity contribution in [1.82, 2.24) is 30.2 Å². The van der Waals surface area contributed by atoms with Gasteiger partial charge in [0, 0.05) is 24.5 Å². The van der Waals surface area contributed by atoms with Crippen molar-refractivity contribution in [3.63, 3.8) is 0 Å². The van der Waals surface area contributed by atoms with Crippen molar-refractivity contribution >= 4 is 22.3 Å². The highest BCUT2D eigenvalue weighted by Gasteiger charge is 2.18. The van der Waals surface area contributed by atoms with Crippen LogP contribution in [-0.4, -0.2) is 37.1 Å². The molecule has 0 radical (unpaired) electrons. The van der Waals surface area contributed by atoms with E-state index in [4.69, 9.17) is 4.74 Å². The Kier molecular flexibility index (Phi) is 7.60. The molecule has 9 heteroatoms. The van der Waals surface area contributed by atoms with Crippen molar-refractivity contribution in [2.45, 2.75) is 89.8 Å². The van der Waals surface area contributed by atoms with E-state index < -0.39 is 0 Å². The molecule has 180 valence electrons. The smallest absolute Gasteiger partial charge is 0.317 e. The molecule has 2 aliphatic rings. The Bertz CT molecular complexity index is 1060. The van der Waals surface area contributed by atoms with E-state index in [-0.39, 0.29) is 6.10 Å². The fourth-order valence-electron chi connectivity index (χ4n) is 4.68. The topological polar surface area (TPSA) is 97.7 Å². The van der Waals surface area contributed by atoms with Crippen molar-refractivity contribution < 1.29 is 4.74 Å². The van der Waals surface area contributed by atoms with Crippen molar-refractivity contribution in [3.8, 4) is 16.6 Å². The summed E-state index contributed by atoms with van der Waals surface area (Å²) in [6, 6.07) is 3.05. The van der Waals surface area contributed by atoms with Gasteiger partial charge in [-0.2, -0.15) is 4.98 Å². The van der Waals surface area contributed by atoms with Crippen LogP contribution >= 0.6 is 11.3 Å². The molecule has 3 heterocycles. The van der Waals surface area contributed by atoms with E-state index in [1.807, 2.05) is 25.4 Å². The second-order valence-electron chi connectivity index (χ2n) is 9.32. The van der Waals surface area contributed by atoms with Gasteiger partial charge in [-0.15, -0.1) is 0 Å². The number of aromatic nitrogens is 5. The number of rotatable bonds is 8. The largest absolute Gasteiger partial charge is 0.460 e. The molecule has 0 amide bonds. The van der Waals surface area contributed by atoms with Gasteiger partial charge >= 0.3 is 6.01 Å². The standard InChI is InChI=1S/C25H33N7OS/c1-17-12-21(31-24(30-17)33-20-10-6-3-7-11-20)22-15-29-25(34-22)32-23-16-27-19(14-28-23)13-26-18-8-4-2-5-9-18/h12,14-16,18,20,26H,2-11,13H2,1H3,(H,28,29,32). The molecule has 8 nitrogen and oxygen atoms in total. The van der Waals surface area contributed by atoms with E-state index in [9.17, 15) is 0 Å². The van der Waals surface area contributed by atoms with E-state index >= 15 is 0 Å². The monoisotopic (exact) mass is 479 g/mol. The Morgan fingerprint density at radius 3 is 2.47 bits per heavy atom. The minimum absolute atomic E-state index is 0.224. The molecule has 3 aromatic heterocycles. The van der Waals surface area contributed by atoms with Crippen LogP contribution in [0.15, 0.2) is 24.7 Å². The van der Waals surface area contributed by atoms with Gasteiger partial charge in [0.1, 0.15) is 6.10 Å². The lowest BCUT2D eigenvalue weighted by Crippen LogP contribution is -2.30. The van der Waals surface area contributed by atoms with Crippen LogP contribution in [0.1, 0.15) is 75.6 Å². The van der Waals surface area contributed by atoms with E-state index in [1.54, 1.807) is 6.20 Å². The fourth-order valence-corrected chi connectivity index (χ4v) is 5.46. The van der Waals surface area contributed by atoms with E-state index in [1.165, 1.54) is 62.7 Å². The van der Waals surface area contributed by atoms with Crippen LogP contribution in [0, 0.1) is 6.92 Å².